The lowest BCUT2D eigenvalue weighted by atomic mass is 10.2. The maximum Gasteiger partial charge on any atom is 0.161 e. The molecule has 1 aliphatic heterocycles. The summed E-state index contributed by atoms with van der Waals surface area (Å²) in [6.07, 6.45) is 1.69. The van der Waals surface area contributed by atoms with E-state index in [2.05, 4.69) is 17.4 Å². The van der Waals surface area contributed by atoms with E-state index >= 15 is 0 Å². The molecule has 142 valence electrons. The molecule has 0 unspecified atom stereocenters. The van der Waals surface area contributed by atoms with Gasteiger partial charge in [0.1, 0.15) is 31.3 Å². The van der Waals surface area contributed by atoms with Crippen LogP contribution >= 0.6 is 0 Å². The van der Waals surface area contributed by atoms with Crippen LogP contribution in [0.5, 0.6) is 17.2 Å². The predicted octanol–water partition coefficient (Wildman–Crippen LogP) is 0.924. The maximum atomic E-state index is 5.87. The van der Waals surface area contributed by atoms with Crippen LogP contribution in [0, 0.1) is 0 Å². The lowest BCUT2D eigenvalue weighted by molar-refractivity contribution is -0.00000669. The normalized spacial score (nSPS) is 12.3. The molecule has 1 aromatic heterocycles. The number of furan rings is 1. The van der Waals surface area contributed by atoms with Crippen molar-refractivity contribution in [2.75, 3.05) is 13.2 Å². The summed E-state index contributed by atoms with van der Waals surface area (Å²) < 4.78 is 22.3. The van der Waals surface area contributed by atoms with E-state index < -0.39 is 0 Å². The second kappa shape index (κ2) is 9.35. The van der Waals surface area contributed by atoms with Gasteiger partial charge in [-0.2, -0.15) is 0 Å². The molecule has 0 saturated heterocycles. The van der Waals surface area contributed by atoms with Crippen LogP contribution in [0.4, 0.5) is 0 Å². The number of halogens is 1. The number of hydrogen-bond acceptors (Lipinski definition) is 5. The van der Waals surface area contributed by atoms with Crippen molar-refractivity contribution in [2.24, 2.45) is 0 Å². The molecule has 3 aromatic rings. The zero-order valence-electron chi connectivity index (χ0n) is 14.8. The highest BCUT2D eigenvalue weighted by atomic mass is 35.5. The van der Waals surface area contributed by atoms with Gasteiger partial charge >= 0.3 is 0 Å². The zero-order chi connectivity index (χ0) is 17.6. The molecule has 0 aliphatic carbocycles. The molecule has 2 heterocycles. The van der Waals surface area contributed by atoms with Gasteiger partial charge in [-0.1, -0.05) is 18.2 Å². The first-order valence-corrected chi connectivity index (χ1v) is 8.70. The van der Waals surface area contributed by atoms with Gasteiger partial charge in [-0.15, -0.1) is 0 Å². The number of fused-ring (bicyclic) bond motifs is 1. The van der Waals surface area contributed by atoms with Gasteiger partial charge in [-0.25, -0.2) is 0 Å². The number of ether oxygens (including phenoxy) is 3. The number of benzene rings is 2. The van der Waals surface area contributed by atoms with Crippen molar-refractivity contribution in [3.63, 3.8) is 0 Å². The van der Waals surface area contributed by atoms with Gasteiger partial charge in [-0.05, 0) is 47.5 Å². The summed E-state index contributed by atoms with van der Waals surface area (Å²) in [7, 11) is 0. The Labute approximate surface area is 164 Å². The third kappa shape index (κ3) is 5.18. The molecule has 5 nitrogen and oxygen atoms in total. The fraction of sp³-hybridized carbons (Fsp3) is 0.238. The minimum Gasteiger partial charge on any atom is -1.00 e. The van der Waals surface area contributed by atoms with Crippen molar-refractivity contribution in [1.29, 1.82) is 0 Å². The second-order valence-corrected chi connectivity index (χ2v) is 6.09. The van der Waals surface area contributed by atoms with Crippen LogP contribution in [0.15, 0.2) is 65.3 Å². The van der Waals surface area contributed by atoms with E-state index in [1.807, 2.05) is 42.5 Å². The molecular weight excluding hydrogens is 366 g/mol. The number of hydrogen-bond donors (Lipinski definition) is 1. The van der Waals surface area contributed by atoms with Crippen LogP contribution in [0.2, 0.25) is 0 Å². The Morgan fingerprint density at radius 1 is 0.852 bits per heavy atom. The van der Waals surface area contributed by atoms with Gasteiger partial charge in [0.15, 0.2) is 11.5 Å². The van der Waals surface area contributed by atoms with Crippen molar-refractivity contribution in [2.45, 2.75) is 19.7 Å². The molecule has 2 aromatic carbocycles. The zero-order valence-corrected chi connectivity index (χ0v) is 15.6. The van der Waals surface area contributed by atoms with Crippen molar-refractivity contribution in [3.05, 3.63) is 77.7 Å². The van der Waals surface area contributed by atoms with Gasteiger partial charge in [0.2, 0.25) is 0 Å². The molecule has 4 rings (SSSR count). The van der Waals surface area contributed by atoms with Gasteiger partial charge < -0.3 is 36.4 Å². The highest BCUT2D eigenvalue weighted by molar-refractivity contribution is 5.43. The molecular formula is C21H21ClNO4-. The van der Waals surface area contributed by atoms with Crippen LogP contribution < -0.4 is 31.9 Å². The standard InChI is InChI=1S/C21H21NO4.ClH/c1-2-19(23-9-1)14-22-13-16-3-6-18(7-4-16)26-15-17-5-8-20-21(12-17)25-11-10-24-20;/h1-9,12,22H,10-11,13-15H2;1H/p-1. The van der Waals surface area contributed by atoms with E-state index in [0.717, 1.165) is 41.7 Å². The SMILES string of the molecule is [Cl-].c1coc(CNCc2ccc(OCc3ccc4c(c3)OCCO4)cc2)c1. The molecule has 0 spiro atoms. The molecule has 0 amide bonds. The third-order valence-electron chi connectivity index (χ3n) is 4.14. The molecule has 0 atom stereocenters. The molecule has 0 saturated carbocycles. The topological polar surface area (TPSA) is 52.9 Å². The van der Waals surface area contributed by atoms with E-state index in [1.165, 1.54) is 5.56 Å². The van der Waals surface area contributed by atoms with Crippen LogP contribution in [0.1, 0.15) is 16.9 Å². The highest BCUT2D eigenvalue weighted by Gasteiger charge is 2.11. The quantitative estimate of drug-likeness (QED) is 0.654. The Kier molecular flexibility index (Phi) is 6.63. The molecule has 1 aliphatic rings. The lowest BCUT2D eigenvalue weighted by Crippen LogP contribution is -3.00. The molecule has 1 N–H and O–H groups in total. The van der Waals surface area contributed by atoms with Crippen molar-refractivity contribution < 1.29 is 31.0 Å². The van der Waals surface area contributed by atoms with E-state index in [4.69, 9.17) is 18.6 Å². The van der Waals surface area contributed by atoms with Crippen molar-refractivity contribution in [1.82, 2.24) is 5.32 Å². The average Bonchev–Trinajstić information content (AvgIpc) is 3.21. The summed E-state index contributed by atoms with van der Waals surface area (Å²) in [6, 6.07) is 17.9. The number of nitrogens with one attached hydrogen (secondary N) is 1. The summed E-state index contributed by atoms with van der Waals surface area (Å²) in [5, 5.41) is 3.35. The fourth-order valence-electron chi connectivity index (χ4n) is 2.79. The number of rotatable bonds is 7. The van der Waals surface area contributed by atoms with Gasteiger partial charge in [-0.3, -0.25) is 0 Å². The fourth-order valence-corrected chi connectivity index (χ4v) is 2.79. The predicted molar refractivity (Wildman–Crippen MR) is 97.5 cm³/mol. The first kappa shape index (κ1) is 19.1. The maximum absolute atomic E-state index is 5.87. The molecule has 27 heavy (non-hydrogen) atoms. The Hall–Kier alpha value is -2.63. The first-order chi connectivity index (χ1) is 12.9. The van der Waals surface area contributed by atoms with E-state index in [0.29, 0.717) is 19.8 Å². The van der Waals surface area contributed by atoms with E-state index in [9.17, 15) is 0 Å². The minimum atomic E-state index is 0. The highest BCUT2D eigenvalue weighted by Crippen LogP contribution is 2.31. The first-order valence-electron chi connectivity index (χ1n) is 8.70. The summed E-state index contributed by atoms with van der Waals surface area (Å²) in [4.78, 5) is 0. The van der Waals surface area contributed by atoms with Gasteiger partial charge in [0, 0.05) is 6.54 Å². The summed E-state index contributed by atoms with van der Waals surface area (Å²) in [5.41, 5.74) is 2.25. The summed E-state index contributed by atoms with van der Waals surface area (Å²) in [5.74, 6) is 3.36. The third-order valence-corrected chi connectivity index (χ3v) is 4.14. The van der Waals surface area contributed by atoms with Crippen molar-refractivity contribution in [3.8, 4) is 17.2 Å². The Bertz CT molecular complexity index is 834. The molecule has 0 radical (unpaired) electrons. The van der Waals surface area contributed by atoms with Gasteiger partial charge in [0.05, 0.1) is 12.8 Å². The lowest BCUT2D eigenvalue weighted by Gasteiger charge is -2.19. The summed E-state index contributed by atoms with van der Waals surface area (Å²) in [6.45, 7) is 3.18. The monoisotopic (exact) mass is 386 g/mol. The van der Waals surface area contributed by atoms with Crippen LogP contribution in [-0.2, 0) is 19.7 Å². The smallest absolute Gasteiger partial charge is 0.161 e. The van der Waals surface area contributed by atoms with Crippen LogP contribution in [-0.4, -0.2) is 13.2 Å². The molecule has 0 bridgehead atoms. The van der Waals surface area contributed by atoms with Gasteiger partial charge in [0.25, 0.3) is 0 Å². The second-order valence-electron chi connectivity index (χ2n) is 6.09. The Morgan fingerprint density at radius 2 is 1.63 bits per heavy atom. The largest absolute Gasteiger partial charge is 1.00 e. The average molecular weight is 387 g/mol. The van der Waals surface area contributed by atoms with E-state index in [1.54, 1.807) is 6.26 Å². The van der Waals surface area contributed by atoms with Crippen LogP contribution in [0.25, 0.3) is 0 Å². The van der Waals surface area contributed by atoms with Crippen molar-refractivity contribution >= 4 is 0 Å². The minimum absolute atomic E-state index is 0. The van der Waals surface area contributed by atoms with E-state index in [-0.39, 0.29) is 12.4 Å². The Balaban J connectivity index is 0.00000210. The Morgan fingerprint density at radius 3 is 2.41 bits per heavy atom. The molecule has 6 heteroatoms. The summed E-state index contributed by atoms with van der Waals surface area (Å²) >= 11 is 0. The van der Waals surface area contributed by atoms with Crippen LogP contribution in [0.3, 0.4) is 0 Å². The molecule has 0 fully saturated rings.